The Labute approximate surface area is 141 Å². The third-order valence-corrected chi connectivity index (χ3v) is 3.34. The lowest BCUT2D eigenvalue weighted by Gasteiger charge is -2.13. The second kappa shape index (κ2) is 9.67. The number of nitrogens with one attached hydrogen (secondary N) is 2. The fourth-order valence-corrected chi connectivity index (χ4v) is 1.99. The van der Waals surface area contributed by atoms with Crippen molar-refractivity contribution in [3.63, 3.8) is 0 Å². The van der Waals surface area contributed by atoms with Crippen molar-refractivity contribution < 1.29 is 19.1 Å². The molecule has 1 rings (SSSR count). The van der Waals surface area contributed by atoms with Crippen LogP contribution >= 0.6 is 0 Å². The van der Waals surface area contributed by atoms with Gasteiger partial charge >= 0.3 is 5.97 Å². The quantitative estimate of drug-likeness (QED) is 0.623. The van der Waals surface area contributed by atoms with Crippen LogP contribution in [0, 0.1) is 0 Å². The van der Waals surface area contributed by atoms with Crippen LogP contribution in [0.3, 0.4) is 0 Å². The van der Waals surface area contributed by atoms with Gasteiger partial charge in [0.2, 0.25) is 5.91 Å². The molecule has 0 bridgehead atoms. The van der Waals surface area contributed by atoms with Crippen molar-refractivity contribution in [3.8, 4) is 0 Å². The second-order valence-corrected chi connectivity index (χ2v) is 5.41. The van der Waals surface area contributed by atoms with E-state index < -0.39 is 24.0 Å². The zero-order valence-corrected chi connectivity index (χ0v) is 14.3. The summed E-state index contributed by atoms with van der Waals surface area (Å²) in [7, 11) is 0. The fourth-order valence-electron chi connectivity index (χ4n) is 1.99. The van der Waals surface area contributed by atoms with E-state index in [0.29, 0.717) is 17.7 Å². The molecule has 0 aliphatic heterocycles. The number of hydrogen-bond donors (Lipinski definition) is 3. The molecule has 0 saturated carbocycles. The van der Waals surface area contributed by atoms with Crippen molar-refractivity contribution in [2.45, 2.75) is 45.7 Å². The zero-order valence-electron chi connectivity index (χ0n) is 14.3. The van der Waals surface area contributed by atoms with Gasteiger partial charge in [0, 0.05) is 11.3 Å². The second-order valence-electron chi connectivity index (χ2n) is 5.41. The van der Waals surface area contributed by atoms with Gasteiger partial charge < -0.3 is 21.1 Å². The first-order chi connectivity index (χ1) is 11.4. The van der Waals surface area contributed by atoms with E-state index in [0.717, 1.165) is 6.42 Å². The maximum Gasteiger partial charge on any atom is 0.328 e. The molecule has 24 heavy (non-hydrogen) atoms. The van der Waals surface area contributed by atoms with Crippen molar-refractivity contribution in [2.75, 3.05) is 11.9 Å². The number of carbonyl (C=O) groups is 3. The van der Waals surface area contributed by atoms with Crippen molar-refractivity contribution in [2.24, 2.45) is 5.73 Å². The molecule has 0 fully saturated rings. The highest BCUT2D eigenvalue weighted by Crippen LogP contribution is 2.11. The van der Waals surface area contributed by atoms with Gasteiger partial charge in [-0.3, -0.25) is 9.59 Å². The summed E-state index contributed by atoms with van der Waals surface area (Å²) >= 11 is 0. The Kier molecular flexibility index (Phi) is 7.91. The third kappa shape index (κ3) is 6.00. The first-order valence-electron chi connectivity index (χ1n) is 8.03. The van der Waals surface area contributed by atoms with Crippen LogP contribution in [0.4, 0.5) is 5.69 Å². The van der Waals surface area contributed by atoms with Gasteiger partial charge in [0.1, 0.15) is 6.04 Å². The van der Waals surface area contributed by atoms with E-state index in [1.807, 2.05) is 6.92 Å². The number of nitrogens with two attached hydrogens (primary N) is 1. The molecule has 0 aromatic heterocycles. The number of rotatable bonds is 8. The molecule has 0 saturated heterocycles. The Hall–Kier alpha value is -2.41. The lowest BCUT2D eigenvalue weighted by Crippen LogP contribution is -2.39. The van der Waals surface area contributed by atoms with Crippen molar-refractivity contribution in [3.05, 3.63) is 29.8 Å². The average Bonchev–Trinajstić information content (AvgIpc) is 2.55. The number of hydrogen-bond acceptors (Lipinski definition) is 5. The largest absolute Gasteiger partial charge is 0.464 e. The molecule has 2 unspecified atom stereocenters. The summed E-state index contributed by atoms with van der Waals surface area (Å²) in [4.78, 5) is 35.4. The molecule has 1 aromatic rings. The highest BCUT2D eigenvalue weighted by atomic mass is 16.5. The van der Waals surface area contributed by atoms with Gasteiger partial charge in [0.15, 0.2) is 0 Å². The summed E-state index contributed by atoms with van der Waals surface area (Å²) in [5, 5.41) is 5.25. The van der Waals surface area contributed by atoms with E-state index >= 15 is 0 Å². The predicted octanol–water partition coefficient (Wildman–Crippen LogP) is 1.43. The van der Waals surface area contributed by atoms with Crippen LogP contribution in [-0.4, -0.2) is 36.5 Å². The molecule has 0 radical (unpaired) electrons. The third-order valence-electron chi connectivity index (χ3n) is 3.34. The predicted molar refractivity (Wildman–Crippen MR) is 91.5 cm³/mol. The maximum atomic E-state index is 12.1. The van der Waals surface area contributed by atoms with Crippen molar-refractivity contribution >= 4 is 23.5 Å². The van der Waals surface area contributed by atoms with E-state index in [1.165, 1.54) is 0 Å². The Balaban J connectivity index is 2.62. The van der Waals surface area contributed by atoms with E-state index in [9.17, 15) is 14.4 Å². The van der Waals surface area contributed by atoms with Crippen LogP contribution in [0.1, 0.15) is 44.0 Å². The lowest BCUT2D eigenvalue weighted by molar-refractivity contribution is -0.144. The Morgan fingerprint density at radius 3 is 2.33 bits per heavy atom. The zero-order chi connectivity index (χ0) is 18.1. The van der Waals surface area contributed by atoms with Crippen LogP contribution in [0.25, 0.3) is 0 Å². The van der Waals surface area contributed by atoms with Crippen LogP contribution in [0.2, 0.25) is 0 Å². The van der Waals surface area contributed by atoms with Gasteiger partial charge in [-0.05, 0) is 44.5 Å². The Bertz CT molecular complexity index is 572. The smallest absolute Gasteiger partial charge is 0.328 e. The highest BCUT2D eigenvalue weighted by molar-refractivity contribution is 5.98. The molecule has 7 nitrogen and oxygen atoms in total. The van der Waals surface area contributed by atoms with E-state index in [4.69, 9.17) is 10.5 Å². The summed E-state index contributed by atoms with van der Waals surface area (Å²) in [5.41, 5.74) is 6.68. The number of benzene rings is 1. The SMILES string of the molecule is CCCC(N)C(=O)Nc1ccc(C(=O)NC(C)C(=O)OCC)cc1. The number of esters is 1. The summed E-state index contributed by atoms with van der Waals surface area (Å²) in [5.74, 6) is -1.14. The Morgan fingerprint density at radius 1 is 1.17 bits per heavy atom. The van der Waals surface area contributed by atoms with Gasteiger partial charge in [-0.25, -0.2) is 4.79 Å². The molecule has 4 N–H and O–H groups in total. The highest BCUT2D eigenvalue weighted by Gasteiger charge is 2.17. The molecule has 0 aliphatic carbocycles. The molecular formula is C17H25N3O4. The van der Waals surface area contributed by atoms with Crippen LogP contribution in [0.15, 0.2) is 24.3 Å². The molecule has 2 atom stereocenters. The first-order valence-corrected chi connectivity index (χ1v) is 8.03. The summed E-state index contributed by atoms with van der Waals surface area (Å²) in [6.07, 6.45) is 1.43. The Morgan fingerprint density at radius 2 is 1.79 bits per heavy atom. The molecule has 1 aromatic carbocycles. The van der Waals surface area contributed by atoms with Crippen LogP contribution in [-0.2, 0) is 14.3 Å². The summed E-state index contributed by atoms with van der Waals surface area (Å²) < 4.78 is 4.83. The van der Waals surface area contributed by atoms with Crippen molar-refractivity contribution in [1.82, 2.24) is 5.32 Å². The maximum absolute atomic E-state index is 12.1. The monoisotopic (exact) mass is 335 g/mol. The number of carbonyl (C=O) groups excluding carboxylic acids is 3. The van der Waals surface area contributed by atoms with Gasteiger partial charge in [-0.15, -0.1) is 0 Å². The van der Waals surface area contributed by atoms with Gasteiger partial charge in [-0.2, -0.15) is 0 Å². The minimum absolute atomic E-state index is 0.258. The van der Waals surface area contributed by atoms with Gasteiger partial charge in [-0.1, -0.05) is 13.3 Å². The summed E-state index contributed by atoms with van der Waals surface area (Å²) in [6, 6.07) is 5.07. The first kappa shape index (κ1) is 19.6. The van der Waals surface area contributed by atoms with E-state index in [2.05, 4.69) is 10.6 Å². The van der Waals surface area contributed by atoms with Crippen LogP contribution in [0.5, 0.6) is 0 Å². The molecule has 132 valence electrons. The minimum atomic E-state index is -0.733. The number of anilines is 1. The molecule has 0 spiro atoms. The van der Waals surface area contributed by atoms with Crippen molar-refractivity contribution in [1.29, 1.82) is 0 Å². The number of ether oxygens (including phenoxy) is 1. The number of amides is 2. The van der Waals surface area contributed by atoms with Gasteiger partial charge in [0.25, 0.3) is 5.91 Å². The normalized spacial score (nSPS) is 12.8. The van der Waals surface area contributed by atoms with E-state index in [1.54, 1.807) is 38.1 Å². The lowest BCUT2D eigenvalue weighted by atomic mass is 10.1. The molecular weight excluding hydrogens is 310 g/mol. The molecule has 7 heteroatoms. The average molecular weight is 335 g/mol. The van der Waals surface area contributed by atoms with E-state index in [-0.39, 0.29) is 12.5 Å². The molecule has 0 heterocycles. The molecule has 2 amide bonds. The van der Waals surface area contributed by atoms with Gasteiger partial charge in [0.05, 0.1) is 12.6 Å². The minimum Gasteiger partial charge on any atom is -0.464 e. The van der Waals surface area contributed by atoms with Crippen LogP contribution < -0.4 is 16.4 Å². The topological polar surface area (TPSA) is 111 Å². The fraction of sp³-hybridized carbons (Fsp3) is 0.471. The molecule has 0 aliphatic rings. The standard InChI is InChI=1S/C17H25N3O4/c1-4-6-14(18)16(22)20-13-9-7-12(8-10-13)15(21)19-11(3)17(23)24-5-2/h7-11,14H,4-6,18H2,1-3H3,(H,19,21)(H,20,22). The summed E-state index contributed by atoms with van der Waals surface area (Å²) in [6.45, 7) is 5.47.